The standard InChI is InChI=1S/C10H15BrN2O2S/c1-7-3-4-10(9(11)5-7)16(14,15)13-8(2)6-12/h3-5,8,13H,6,12H2,1-2H3/t8-/m1/s1. The highest BCUT2D eigenvalue weighted by atomic mass is 79.9. The minimum atomic E-state index is -3.50. The van der Waals surface area contributed by atoms with E-state index < -0.39 is 10.0 Å². The molecule has 0 aliphatic carbocycles. The summed E-state index contributed by atoms with van der Waals surface area (Å²) in [7, 11) is -3.50. The van der Waals surface area contributed by atoms with E-state index in [-0.39, 0.29) is 17.5 Å². The molecule has 3 N–H and O–H groups in total. The fraction of sp³-hybridized carbons (Fsp3) is 0.400. The highest BCUT2D eigenvalue weighted by Gasteiger charge is 2.19. The van der Waals surface area contributed by atoms with Crippen molar-refractivity contribution < 1.29 is 8.42 Å². The maximum Gasteiger partial charge on any atom is 0.241 e. The van der Waals surface area contributed by atoms with Crippen molar-refractivity contribution in [3.05, 3.63) is 28.2 Å². The Balaban J connectivity index is 3.08. The summed E-state index contributed by atoms with van der Waals surface area (Å²) in [6.45, 7) is 3.89. The van der Waals surface area contributed by atoms with Gasteiger partial charge in [-0.3, -0.25) is 0 Å². The Morgan fingerprint density at radius 2 is 2.12 bits per heavy atom. The van der Waals surface area contributed by atoms with Crippen LogP contribution in [0.5, 0.6) is 0 Å². The van der Waals surface area contributed by atoms with Crippen LogP contribution in [0.1, 0.15) is 12.5 Å². The first-order chi connectivity index (χ1) is 7.36. The number of sulfonamides is 1. The Kier molecular flexibility index (Phi) is 4.49. The van der Waals surface area contributed by atoms with E-state index in [0.717, 1.165) is 5.56 Å². The number of rotatable bonds is 4. The number of hydrogen-bond acceptors (Lipinski definition) is 3. The third-order valence-corrected chi connectivity index (χ3v) is 4.65. The van der Waals surface area contributed by atoms with Gasteiger partial charge in [-0.05, 0) is 47.5 Å². The van der Waals surface area contributed by atoms with Crippen LogP contribution in [-0.2, 0) is 10.0 Å². The van der Waals surface area contributed by atoms with E-state index in [9.17, 15) is 8.42 Å². The van der Waals surface area contributed by atoms with Gasteiger partial charge in [-0.2, -0.15) is 0 Å². The van der Waals surface area contributed by atoms with Crippen LogP contribution in [0.25, 0.3) is 0 Å². The van der Waals surface area contributed by atoms with E-state index in [2.05, 4.69) is 20.7 Å². The van der Waals surface area contributed by atoms with Crippen LogP contribution >= 0.6 is 15.9 Å². The van der Waals surface area contributed by atoms with Crippen LogP contribution in [-0.4, -0.2) is 21.0 Å². The molecule has 1 aromatic carbocycles. The Labute approximate surface area is 104 Å². The molecule has 0 saturated heterocycles. The summed E-state index contributed by atoms with van der Waals surface area (Å²) >= 11 is 3.24. The summed E-state index contributed by atoms with van der Waals surface area (Å²) in [6.07, 6.45) is 0. The predicted molar refractivity (Wildman–Crippen MR) is 67.7 cm³/mol. The van der Waals surface area contributed by atoms with Gasteiger partial charge in [0.05, 0.1) is 4.90 Å². The lowest BCUT2D eigenvalue weighted by Gasteiger charge is -2.13. The third-order valence-electron chi connectivity index (χ3n) is 2.09. The summed E-state index contributed by atoms with van der Waals surface area (Å²) in [4.78, 5) is 0.235. The summed E-state index contributed by atoms with van der Waals surface area (Å²) in [5.74, 6) is 0. The Bertz CT molecular complexity index is 474. The zero-order valence-electron chi connectivity index (χ0n) is 9.20. The van der Waals surface area contributed by atoms with E-state index >= 15 is 0 Å². The molecule has 1 rings (SSSR count). The lowest BCUT2D eigenvalue weighted by atomic mass is 10.2. The number of halogens is 1. The molecule has 4 nitrogen and oxygen atoms in total. The highest BCUT2D eigenvalue weighted by Crippen LogP contribution is 2.22. The second kappa shape index (κ2) is 5.27. The van der Waals surface area contributed by atoms with Crippen molar-refractivity contribution >= 4 is 26.0 Å². The maximum atomic E-state index is 11.9. The van der Waals surface area contributed by atoms with Crippen molar-refractivity contribution in [2.45, 2.75) is 24.8 Å². The lowest BCUT2D eigenvalue weighted by Crippen LogP contribution is -2.37. The van der Waals surface area contributed by atoms with Crippen molar-refractivity contribution in [1.82, 2.24) is 4.72 Å². The minimum absolute atomic E-state index is 0.235. The summed E-state index contributed by atoms with van der Waals surface area (Å²) in [5.41, 5.74) is 6.38. The van der Waals surface area contributed by atoms with Crippen molar-refractivity contribution in [1.29, 1.82) is 0 Å². The fourth-order valence-corrected chi connectivity index (χ4v) is 3.65. The molecule has 0 aliphatic heterocycles. The molecular weight excluding hydrogens is 292 g/mol. The number of aryl methyl sites for hydroxylation is 1. The zero-order valence-corrected chi connectivity index (χ0v) is 11.6. The third kappa shape index (κ3) is 3.28. The highest BCUT2D eigenvalue weighted by molar-refractivity contribution is 9.10. The van der Waals surface area contributed by atoms with Gasteiger partial charge in [0.2, 0.25) is 10.0 Å². The van der Waals surface area contributed by atoms with E-state index in [1.165, 1.54) is 0 Å². The van der Waals surface area contributed by atoms with Crippen molar-refractivity contribution in [3.63, 3.8) is 0 Å². The van der Waals surface area contributed by atoms with Gasteiger partial charge in [0, 0.05) is 17.1 Å². The molecule has 1 aromatic rings. The molecule has 6 heteroatoms. The van der Waals surface area contributed by atoms with Gasteiger partial charge >= 0.3 is 0 Å². The monoisotopic (exact) mass is 306 g/mol. The Hall–Kier alpha value is -0.430. The summed E-state index contributed by atoms with van der Waals surface area (Å²) in [6, 6.07) is 4.82. The fourth-order valence-electron chi connectivity index (χ4n) is 1.20. The molecule has 0 bridgehead atoms. The van der Waals surface area contributed by atoms with Crippen LogP contribution < -0.4 is 10.5 Å². The van der Waals surface area contributed by atoms with Gasteiger partial charge < -0.3 is 5.73 Å². The molecule has 0 heterocycles. The summed E-state index contributed by atoms with van der Waals surface area (Å²) < 4.78 is 26.9. The molecule has 0 radical (unpaired) electrons. The van der Waals surface area contributed by atoms with Crippen LogP contribution in [0.2, 0.25) is 0 Å². The Morgan fingerprint density at radius 1 is 1.50 bits per heavy atom. The smallest absolute Gasteiger partial charge is 0.241 e. The molecule has 0 aliphatic rings. The largest absolute Gasteiger partial charge is 0.329 e. The average Bonchev–Trinajstić information content (AvgIpc) is 2.16. The molecule has 0 unspecified atom stereocenters. The van der Waals surface area contributed by atoms with E-state index in [1.807, 2.05) is 6.92 Å². The van der Waals surface area contributed by atoms with Gasteiger partial charge in [0.15, 0.2) is 0 Å². The maximum absolute atomic E-state index is 11.9. The molecule has 0 saturated carbocycles. The molecule has 0 spiro atoms. The van der Waals surface area contributed by atoms with Crippen LogP contribution in [0, 0.1) is 6.92 Å². The topological polar surface area (TPSA) is 72.2 Å². The van der Waals surface area contributed by atoms with Gasteiger partial charge in [0.25, 0.3) is 0 Å². The van der Waals surface area contributed by atoms with Crippen molar-refractivity contribution in [2.75, 3.05) is 6.54 Å². The normalized spacial score (nSPS) is 13.8. The molecular formula is C10H15BrN2O2S. The van der Waals surface area contributed by atoms with E-state index in [1.54, 1.807) is 25.1 Å². The first-order valence-electron chi connectivity index (χ1n) is 4.85. The van der Waals surface area contributed by atoms with Gasteiger partial charge in [-0.25, -0.2) is 13.1 Å². The molecule has 90 valence electrons. The summed E-state index contributed by atoms with van der Waals surface area (Å²) in [5, 5.41) is 0. The van der Waals surface area contributed by atoms with Gasteiger partial charge in [-0.1, -0.05) is 6.07 Å². The van der Waals surface area contributed by atoms with Crippen molar-refractivity contribution in [3.8, 4) is 0 Å². The average molecular weight is 307 g/mol. The molecule has 1 atom stereocenters. The second-order valence-corrected chi connectivity index (χ2v) is 6.23. The van der Waals surface area contributed by atoms with Crippen LogP contribution in [0.3, 0.4) is 0 Å². The van der Waals surface area contributed by atoms with E-state index in [4.69, 9.17) is 5.73 Å². The quantitative estimate of drug-likeness (QED) is 0.883. The Morgan fingerprint density at radius 3 is 2.62 bits per heavy atom. The van der Waals surface area contributed by atoms with Crippen molar-refractivity contribution in [2.24, 2.45) is 5.73 Å². The first kappa shape index (κ1) is 13.6. The molecule has 16 heavy (non-hydrogen) atoms. The van der Waals surface area contributed by atoms with Crippen LogP contribution in [0.15, 0.2) is 27.6 Å². The van der Waals surface area contributed by atoms with Crippen LogP contribution in [0.4, 0.5) is 0 Å². The predicted octanol–water partition coefficient (Wildman–Crippen LogP) is 1.38. The lowest BCUT2D eigenvalue weighted by molar-refractivity contribution is 0.562. The number of nitrogens with two attached hydrogens (primary N) is 1. The SMILES string of the molecule is Cc1ccc(S(=O)(=O)N[C@H](C)CN)c(Br)c1. The number of nitrogens with one attached hydrogen (secondary N) is 1. The molecule has 0 fully saturated rings. The number of hydrogen-bond donors (Lipinski definition) is 2. The number of benzene rings is 1. The second-order valence-electron chi connectivity index (χ2n) is 3.69. The van der Waals surface area contributed by atoms with Gasteiger partial charge in [-0.15, -0.1) is 0 Å². The first-order valence-corrected chi connectivity index (χ1v) is 7.13. The zero-order chi connectivity index (χ0) is 12.3. The van der Waals surface area contributed by atoms with Gasteiger partial charge in [0.1, 0.15) is 0 Å². The molecule has 0 aromatic heterocycles. The van der Waals surface area contributed by atoms with E-state index in [0.29, 0.717) is 4.47 Å². The molecule has 0 amide bonds. The minimum Gasteiger partial charge on any atom is -0.329 e.